The molecule has 0 spiro atoms. The van der Waals surface area contributed by atoms with E-state index in [0.29, 0.717) is 6.42 Å². The first-order chi connectivity index (χ1) is 8.75. The monoisotopic (exact) mass is 249 g/mol. The van der Waals surface area contributed by atoms with Gasteiger partial charge in [0.15, 0.2) is 0 Å². The van der Waals surface area contributed by atoms with Crippen molar-refractivity contribution >= 4 is 5.97 Å². The van der Waals surface area contributed by atoms with Gasteiger partial charge in [-0.3, -0.25) is 4.79 Å². The van der Waals surface area contributed by atoms with Gasteiger partial charge in [-0.25, -0.2) is 0 Å². The van der Waals surface area contributed by atoms with Crippen molar-refractivity contribution in [3.8, 4) is 0 Å². The molecule has 18 heavy (non-hydrogen) atoms. The SMILES string of the molecule is O=C(O)CCc1[nH]ccc1CCC1CCCCC1. The molecule has 2 rings (SSSR count). The number of aromatic amines is 1. The van der Waals surface area contributed by atoms with Crippen LogP contribution in [0.25, 0.3) is 0 Å². The molecule has 0 aliphatic heterocycles. The number of nitrogens with one attached hydrogen (secondary N) is 1. The van der Waals surface area contributed by atoms with Crippen LogP contribution in [0.3, 0.4) is 0 Å². The second-order valence-corrected chi connectivity index (χ2v) is 5.42. The number of H-pyrrole nitrogens is 1. The highest BCUT2D eigenvalue weighted by molar-refractivity contribution is 5.67. The van der Waals surface area contributed by atoms with Crippen LogP contribution < -0.4 is 0 Å². The Hall–Kier alpha value is -1.25. The quantitative estimate of drug-likeness (QED) is 0.810. The van der Waals surface area contributed by atoms with Crippen molar-refractivity contribution in [3.05, 3.63) is 23.5 Å². The van der Waals surface area contributed by atoms with Crippen LogP contribution >= 0.6 is 0 Å². The van der Waals surface area contributed by atoms with Crippen molar-refractivity contribution in [2.75, 3.05) is 0 Å². The molecule has 1 aliphatic carbocycles. The Kier molecular flexibility index (Phi) is 4.85. The Balaban J connectivity index is 1.81. The number of hydrogen-bond donors (Lipinski definition) is 2. The van der Waals surface area contributed by atoms with Gasteiger partial charge in [-0.15, -0.1) is 0 Å². The zero-order valence-corrected chi connectivity index (χ0v) is 11.0. The minimum Gasteiger partial charge on any atom is -0.481 e. The summed E-state index contributed by atoms with van der Waals surface area (Å²) in [4.78, 5) is 13.8. The first-order valence-electron chi connectivity index (χ1n) is 7.12. The van der Waals surface area contributed by atoms with Crippen LogP contribution in [0.1, 0.15) is 56.2 Å². The second kappa shape index (κ2) is 6.62. The molecule has 2 N–H and O–H groups in total. The highest BCUT2D eigenvalue weighted by atomic mass is 16.4. The van der Waals surface area contributed by atoms with Gasteiger partial charge in [0, 0.05) is 11.9 Å². The summed E-state index contributed by atoms with van der Waals surface area (Å²) in [7, 11) is 0. The Labute approximate surface area is 109 Å². The zero-order valence-electron chi connectivity index (χ0n) is 11.0. The standard InChI is InChI=1S/C15H23NO2/c17-15(18)9-8-14-13(10-11-16-14)7-6-12-4-2-1-3-5-12/h10-12,16H,1-9H2,(H,17,18). The van der Waals surface area contributed by atoms with Crippen molar-refractivity contribution in [3.63, 3.8) is 0 Å². The summed E-state index contributed by atoms with van der Waals surface area (Å²) in [5.74, 6) is 0.170. The predicted molar refractivity (Wildman–Crippen MR) is 71.6 cm³/mol. The second-order valence-electron chi connectivity index (χ2n) is 5.42. The summed E-state index contributed by atoms with van der Waals surface area (Å²) >= 11 is 0. The smallest absolute Gasteiger partial charge is 0.303 e. The molecule has 0 unspecified atom stereocenters. The summed E-state index contributed by atoms with van der Waals surface area (Å²) in [6.07, 6.45) is 12.1. The first kappa shape index (κ1) is 13.2. The van der Waals surface area contributed by atoms with E-state index in [0.717, 1.165) is 18.0 Å². The summed E-state index contributed by atoms with van der Waals surface area (Å²) in [5, 5.41) is 8.72. The molecule has 1 fully saturated rings. The largest absolute Gasteiger partial charge is 0.481 e. The van der Waals surface area contributed by atoms with Gasteiger partial charge in [0.05, 0.1) is 6.42 Å². The number of hydrogen-bond acceptors (Lipinski definition) is 1. The van der Waals surface area contributed by atoms with Gasteiger partial charge in [0.1, 0.15) is 0 Å². The third kappa shape index (κ3) is 3.90. The summed E-state index contributed by atoms with van der Waals surface area (Å²) in [6.45, 7) is 0. The molecule has 0 amide bonds. The molecular weight excluding hydrogens is 226 g/mol. The molecule has 0 atom stereocenters. The predicted octanol–water partition coefficient (Wildman–Crippen LogP) is 3.54. The molecule has 3 nitrogen and oxygen atoms in total. The van der Waals surface area contributed by atoms with E-state index < -0.39 is 5.97 Å². The van der Waals surface area contributed by atoms with Gasteiger partial charge in [-0.05, 0) is 36.8 Å². The highest BCUT2D eigenvalue weighted by Gasteiger charge is 2.14. The molecule has 0 aromatic carbocycles. The van der Waals surface area contributed by atoms with E-state index in [2.05, 4.69) is 11.1 Å². The maximum Gasteiger partial charge on any atom is 0.303 e. The molecule has 1 aromatic rings. The van der Waals surface area contributed by atoms with Gasteiger partial charge in [-0.2, -0.15) is 0 Å². The molecule has 3 heteroatoms. The molecule has 100 valence electrons. The van der Waals surface area contributed by atoms with E-state index >= 15 is 0 Å². The van der Waals surface area contributed by atoms with Gasteiger partial charge >= 0.3 is 5.97 Å². The Morgan fingerprint density at radius 3 is 2.78 bits per heavy atom. The minimum atomic E-state index is -0.720. The molecule has 0 saturated heterocycles. The van der Waals surface area contributed by atoms with Crippen molar-refractivity contribution in [2.24, 2.45) is 5.92 Å². The van der Waals surface area contributed by atoms with E-state index in [1.165, 1.54) is 44.1 Å². The summed E-state index contributed by atoms with van der Waals surface area (Å²) < 4.78 is 0. The van der Waals surface area contributed by atoms with Crippen LogP contribution in [0.4, 0.5) is 0 Å². The number of aromatic nitrogens is 1. The average molecular weight is 249 g/mol. The molecule has 1 heterocycles. The third-order valence-electron chi connectivity index (χ3n) is 4.07. The topological polar surface area (TPSA) is 53.1 Å². The molecule has 0 radical (unpaired) electrons. The lowest BCUT2D eigenvalue weighted by atomic mass is 9.85. The maximum absolute atomic E-state index is 10.6. The lowest BCUT2D eigenvalue weighted by molar-refractivity contribution is -0.136. The zero-order chi connectivity index (χ0) is 12.8. The normalized spacial score (nSPS) is 16.9. The number of carbonyl (C=O) groups is 1. The molecular formula is C15H23NO2. The lowest BCUT2D eigenvalue weighted by Crippen LogP contribution is -2.08. The first-order valence-corrected chi connectivity index (χ1v) is 7.12. The molecule has 1 aromatic heterocycles. The van der Waals surface area contributed by atoms with Crippen molar-refractivity contribution in [2.45, 2.75) is 57.8 Å². The molecule has 1 aliphatic rings. The van der Waals surface area contributed by atoms with Gasteiger partial charge in [0.25, 0.3) is 0 Å². The number of aliphatic carboxylic acids is 1. The van der Waals surface area contributed by atoms with Gasteiger partial charge < -0.3 is 10.1 Å². The lowest BCUT2D eigenvalue weighted by Gasteiger charge is -2.21. The molecule has 1 saturated carbocycles. The molecule has 0 bridgehead atoms. The van der Waals surface area contributed by atoms with E-state index in [9.17, 15) is 4.79 Å². The van der Waals surface area contributed by atoms with Crippen LogP contribution in [0.2, 0.25) is 0 Å². The van der Waals surface area contributed by atoms with Gasteiger partial charge in [0.2, 0.25) is 0 Å². The van der Waals surface area contributed by atoms with Gasteiger partial charge in [-0.1, -0.05) is 32.1 Å². The number of rotatable bonds is 6. The average Bonchev–Trinajstić information content (AvgIpc) is 2.82. The summed E-state index contributed by atoms with van der Waals surface area (Å²) in [5.41, 5.74) is 2.44. The summed E-state index contributed by atoms with van der Waals surface area (Å²) in [6, 6.07) is 2.11. The third-order valence-corrected chi connectivity index (χ3v) is 4.07. The van der Waals surface area contributed by atoms with E-state index in [-0.39, 0.29) is 6.42 Å². The Bertz CT molecular complexity index is 378. The van der Waals surface area contributed by atoms with Crippen LogP contribution in [-0.2, 0) is 17.6 Å². The van der Waals surface area contributed by atoms with E-state index in [4.69, 9.17) is 5.11 Å². The highest BCUT2D eigenvalue weighted by Crippen LogP contribution is 2.28. The maximum atomic E-state index is 10.6. The fourth-order valence-electron chi connectivity index (χ4n) is 2.97. The van der Waals surface area contributed by atoms with Crippen LogP contribution in [0.15, 0.2) is 12.3 Å². The Morgan fingerprint density at radius 1 is 1.28 bits per heavy atom. The van der Waals surface area contributed by atoms with E-state index in [1.807, 2.05) is 6.20 Å². The Morgan fingerprint density at radius 2 is 2.06 bits per heavy atom. The number of aryl methyl sites for hydroxylation is 2. The number of carboxylic acid groups (broad SMARTS) is 1. The van der Waals surface area contributed by atoms with E-state index in [1.54, 1.807) is 0 Å². The van der Waals surface area contributed by atoms with Crippen LogP contribution in [0, 0.1) is 5.92 Å². The number of carboxylic acids is 1. The fourth-order valence-corrected chi connectivity index (χ4v) is 2.97. The van der Waals surface area contributed by atoms with Crippen molar-refractivity contribution < 1.29 is 9.90 Å². The van der Waals surface area contributed by atoms with Crippen LogP contribution in [-0.4, -0.2) is 16.1 Å². The van der Waals surface area contributed by atoms with Crippen molar-refractivity contribution in [1.29, 1.82) is 0 Å². The minimum absolute atomic E-state index is 0.219. The van der Waals surface area contributed by atoms with Crippen molar-refractivity contribution in [1.82, 2.24) is 4.98 Å². The fraction of sp³-hybridized carbons (Fsp3) is 0.667. The van der Waals surface area contributed by atoms with Crippen LogP contribution in [0.5, 0.6) is 0 Å².